The second-order valence-electron chi connectivity index (χ2n) is 5.76. The molecule has 1 heterocycles. The van der Waals surface area contributed by atoms with E-state index >= 15 is 0 Å². The van der Waals surface area contributed by atoms with E-state index in [-0.39, 0.29) is 11.6 Å². The van der Waals surface area contributed by atoms with Crippen LogP contribution < -0.4 is 10.2 Å². The van der Waals surface area contributed by atoms with Gasteiger partial charge in [0.05, 0.1) is 11.6 Å². The van der Waals surface area contributed by atoms with Crippen molar-refractivity contribution in [1.29, 1.82) is 5.26 Å². The summed E-state index contributed by atoms with van der Waals surface area (Å²) in [5.74, 6) is 0.336. The van der Waals surface area contributed by atoms with Crippen molar-refractivity contribution in [1.82, 2.24) is 10.2 Å². The number of hydrogen-bond donors (Lipinski definition) is 1. The third-order valence-electron chi connectivity index (χ3n) is 3.81. The Labute approximate surface area is 151 Å². The van der Waals surface area contributed by atoms with Crippen LogP contribution >= 0.6 is 0 Å². The van der Waals surface area contributed by atoms with Gasteiger partial charge in [0.25, 0.3) is 5.91 Å². The fourth-order valence-corrected chi connectivity index (χ4v) is 2.41. The Kier molecular flexibility index (Phi) is 5.20. The molecule has 128 valence electrons. The van der Waals surface area contributed by atoms with Gasteiger partial charge >= 0.3 is 0 Å². The van der Waals surface area contributed by atoms with Crippen molar-refractivity contribution in [2.45, 2.75) is 6.54 Å². The van der Waals surface area contributed by atoms with Crippen LogP contribution in [0.1, 0.15) is 21.6 Å². The molecule has 26 heavy (non-hydrogen) atoms. The number of benzene rings is 2. The van der Waals surface area contributed by atoms with Crippen molar-refractivity contribution in [3.05, 3.63) is 83.6 Å². The molecule has 0 saturated heterocycles. The van der Waals surface area contributed by atoms with Crippen molar-refractivity contribution in [2.75, 3.05) is 17.3 Å². The number of hydrogen-bond acceptors (Lipinski definition) is 5. The van der Waals surface area contributed by atoms with Gasteiger partial charge in [0, 0.05) is 19.3 Å². The number of rotatable bonds is 5. The highest BCUT2D eigenvalue weighted by Gasteiger charge is 2.10. The smallest absolute Gasteiger partial charge is 0.276 e. The molecule has 0 spiro atoms. The Bertz CT molecular complexity index is 915. The summed E-state index contributed by atoms with van der Waals surface area (Å²) in [6.07, 6.45) is 0. The van der Waals surface area contributed by atoms with Gasteiger partial charge < -0.3 is 10.2 Å². The molecule has 1 amide bonds. The third-order valence-corrected chi connectivity index (χ3v) is 3.81. The number of carbonyl (C=O) groups is 1. The van der Waals surface area contributed by atoms with Gasteiger partial charge in [-0.3, -0.25) is 4.79 Å². The van der Waals surface area contributed by atoms with Crippen LogP contribution in [0.4, 0.5) is 11.5 Å². The van der Waals surface area contributed by atoms with Gasteiger partial charge in [0.2, 0.25) is 0 Å². The van der Waals surface area contributed by atoms with Crippen LogP contribution in [0.2, 0.25) is 0 Å². The molecule has 1 N–H and O–H groups in total. The molecule has 0 saturated carbocycles. The number of carbonyl (C=O) groups excluding carboxylic acids is 1. The lowest BCUT2D eigenvalue weighted by Gasteiger charge is -2.17. The minimum atomic E-state index is -0.348. The predicted octanol–water partition coefficient (Wildman–Crippen LogP) is 3.24. The molecule has 1 aromatic heterocycles. The maximum absolute atomic E-state index is 12.2. The molecular weight excluding hydrogens is 326 g/mol. The van der Waals surface area contributed by atoms with Gasteiger partial charge in [0.15, 0.2) is 11.5 Å². The maximum atomic E-state index is 12.2. The van der Waals surface area contributed by atoms with Crippen molar-refractivity contribution >= 4 is 17.4 Å². The number of nitriles is 1. The van der Waals surface area contributed by atoms with Gasteiger partial charge in [-0.1, -0.05) is 30.3 Å². The van der Waals surface area contributed by atoms with Crippen LogP contribution in [0.15, 0.2) is 66.7 Å². The molecule has 3 aromatic rings. The van der Waals surface area contributed by atoms with E-state index in [1.165, 1.54) is 5.56 Å². The Morgan fingerprint density at radius 2 is 1.77 bits per heavy atom. The second-order valence-corrected chi connectivity index (χ2v) is 5.76. The molecule has 0 unspecified atom stereocenters. The summed E-state index contributed by atoms with van der Waals surface area (Å²) in [5.41, 5.74) is 2.53. The Morgan fingerprint density at radius 1 is 1.04 bits per heavy atom. The van der Waals surface area contributed by atoms with Crippen molar-refractivity contribution < 1.29 is 4.79 Å². The quantitative estimate of drug-likeness (QED) is 0.769. The molecule has 2 aromatic carbocycles. The highest BCUT2D eigenvalue weighted by Crippen LogP contribution is 2.13. The van der Waals surface area contributed by atoms with Crippen LogP contribution in [0.3, 0.4) is 0 Å². The number of nitrogens with zero attached hydrogens (tertiary/aromatic N) is 4. The average molecular weight is 343 g/mol. The number of nitrogens with one attached hydrogen (secondary N) is 1. The van der Waals surface area contributed by atoms with Gasteiger partial charge in [-0.2, -0.15) is 5.26 Å². The van der Waals surface area contributed by atoms with E-state index in [0.29, 0.717) is 23.6 Å². The maximum Gasteiger partial charge on any atom is 0.276 e. The molecular formula is C20H17N5O. The van der Waals surface area contributed by atoms with Gasteiger partial charge in [0.1, 0.15) is 0 Å². The second kappa shape index (κ2) is 7.90. The van der Waals surface area contributed by atoms with Crippen LogP contribution in [0, 0.1) is 11.3 Å². The number of anilines is 2. The Morgan fingerprint density at radius 3 is 2.38 bits per heavy atom. The molecule has 0 aliphatic carbocycles. The van der Waals surface area contributed by atoms with Crippen molar-refractivity contribution in [2.24, 2.45) is 0 Å². The monoisotopic (exact) mass is 343 g/mol. The van der Waals surface area contributed by atoms with E-state index in [0.717, 1.165) is 0 Å². The SMILES string of the molecule is CN(Cc1ccccc1)c1ccc(C(=O)Nc2ccc(C#N)cc2)nn1. The van der Waals surface area contributed by atoms with E-state index in [1.807, 2.05) is 48.3 Å². The number of aromatic nitrogens is 2. The zero-order valence-corrected chi connectivity index (χ0v) is 14.3. The van der Waals surface area contributed by atoms with Crippen LogP contribution in [0.25, 0.3) is 0 Å². The normalized spacial score (nSPS) is 10.0. The standard InChI is InChI=1S/C20H17N5O/c1-25(14-16-5-3-2-4-6-16)19-12-11-18(23-24-19)20(26)22-17-9-7-15(13-21)8-10-17/h2-12H,14H2,1H3,(H,22,26). The van der Waals surface area contributed by atoms with Crippen molar-refractivity contribution in [3.8, 4) is 6.07 Å². The molecule has 0 fully saturated rings. The van der Waals surface area contributed by atoms with E-state index in [2.05, 4.69) is 15.5 Å². The third kappa shape index (κ3) is 4.22. The molecule has 0 atom stereocenters. The van der Waals surface area contributed by atoms with Gasteiger partial charge in [-0.15, -0.1) is 10.2 Å². The highest BCUT2D eigenvalue weighted by atomic mass is 16.1. The molecule has 6 nitrogen and oxygen atoms in total. The lowest BCUT2D eigenvalue weighted by Crippen LogP contribution is -2.20. The summed E-state index contributed by atoms with van der Waals surface area (Å²) in [4.78, 5) is 14.2. The Balaban J connectivity index is 1.64. The van der Waals surface area contributed by atoms with Crippen LogP contribution in [-0.2, 0) is 6.54 Å². The topological polar surface area (TPSA) is 81.9 Å². The molecule has 0 aliphatic rings. The fourth-order valence-electron chi connectivity index (χ4n) is 2.41. The Hall–Kier alpha value is -3.72. The van der Waals surface area contributed by atoms with Crippen LogP contribution in [-0.4, -0.2) is 23.2 Å². The molecule has 6 heteroatoms. The fraction of sp³-hybridized carbons (Fsp3) is 0.100. The van der Waals surface area contributed by atoms with E-state index in [4.69, 9.17) is 5.26 Å². The summed E-state index contributed by atoms with van der Waals surface area (Å²) in [6.45, 7) is 0.701. The van der Waals surface area contributed by atoms with E-state index in [1.54, 1.807) is 36.4 Å². The lowest BCUT2D eigenvalue weighted by atomic mass is 10.2. The average Bonchev–Trinajstić information content (AvgIpc) is 2.69. The van der Waals surface area contributed by atoms with Gasteiger partial charge in [-0.25, -0.2) is 0 Å². The highest BCUT2D eigenvalue weighted by molar-refractivity contribution is 6.02. The number of amides is 1. The first kappa shape index (κ1) is 17.1. The first-order chi connectivity index (χ1) is 12.7. The van der Waals surface area contributed by atoms with E-state index < -0.39 is 0 Å². The lowest BCUT2D eigenvalue weighted by molar-refractivity contribution is 0.102. The molecule has 3 rings (SSSR count). The van der Waals surface area contributed by atoms with Crippen molar-refractivity contribution in [3.63, 3.8) is 0 Å². The largest absolute Gasteiger partial charge is 0.354 e. The minimum Gasteiger partial charge on any atom is -0.354 e. The van der Waals surface area contributed by atoms with E-state index in [9.17, 15) is 4.79 Å². The first-order valence-corrected chi connectivity index (χ1v) is 8.06. The molecule has 0 bridgehead atoms. The first-order valence-electron chi connectivity index (χ1n) is 8.06. The van der Waals surface area contributed by atoms with Gasteiger partial charge in [-0.05, 0) is 42.0 Å². The molecule has 0 radical (unpaired) electrons. The summed E-state index contributed by atoms with van der Waals surface area (Å²) >= 11 is 0. The summed E-state index contributed by atoms with van der Waals surface area (Å²) in [6, 6.07) is 22.1. The summed E-state index contributed by atoms with van der Waals surface area (Å²) in [7, 11) is 1.92. The predicted molar refractivity (Wildman–Crippen MR) is 99.7 cm³/mol. The zero-order chi connectivity index (χ0) is 18.4. The summed E-state index contributed by atoms with van der Waals surface area (Å²) < 4.78 is 0. The summed E-state index contributed by atoms with van der Waals surface area (Å²) in [5, 5.41) is 19.7. The van der Waals surface area contributed by atoms with Crippen LogP contribution in [0.5, 0.6) is 0 Å². The molecule has 0 aliphatic heterocycles. The minimum absolute atomic E-state index is 0.228. The zero-order valence-electron chi connectivity index (χ0n) is 14.3.